The summed E-state index contributed by atoms with van der Waals surface area (Å²) in [5, 5.41) is 9.63. The minimum atomic E-state index is -0.143. The van der Waals surface area contributed by atoms with Gasteiger partial charge < -0.3 is 10.2 Å². The predicted octanol–water partition coefficient (Wildman–Crippen LogP) is 1.53. The van der Waals surface area contributed by atoms with E-state index in [1.165, 1.54) is 0 Å². The molecule has 0 saturated heterocycles. The fraction of sp³-hybridized carbons (Fsp3) is 0.182. The van der Waals surface area contributed by atoms with E-state index in [2.05, 4.69) is 20.5 Å². The van der Waals surface area contributed by atoms with E-state index in [9.17, 15) is 4.79 Å². The number of H-pyrrole nitrogens is 1. The highest BCUT2D eigenvalue weighted by atomic mass is 35.5. The Morgan fingerprint density at radius 2 is 2.33 bits per heavy atom. The van der Waals surface area contributed by atoms with Gasteiger partial charge in [-0.3, -0.25) is 9.89 Å². The van der Waals surface area contributed by atoms with Crippen molar-refractivity contribution in [2.45, 2.75) is 0 Å². The molecule has 0 unspecified atom stereocenters. The number of hydrogen-bond acceptors (Lipinski definition) is 4. The number of anilines is 2. The average molecular weight is 266 g/mol. The molecule has 94 valence electrons. The van der Waals surface area contributed by atoms with Crippen LogP contribution in [0.5, 0.6) is 0 Å². The summed E-state index contributed by atoms with van der Waals surface area (Å²) < 4.78 is 0. The van der Waals surface area contributed by atoms with E-state index in [4.69, 9.17) is 11.6 Å². The van der Waals surface area contributed by atoms with Crippen LogP contribution < -0.4 is 10.2 Å². The molecule has 2 aromatic heterocycles. The monoisotopic (exact) mass is 265 g/mol. The molecule has 0 bridgehead atoms. The van der Waals surface area contributed by atoms with Crippen LogP contribution in [0.2, 0.25) is 5.02 Å². The minimum absolute atomic E-state index is 0.143. The third-order valence-electron chi connectivity index (χ3n) is 2.27. The Balaban J connectivity index is 1.92. The zero-order chi connectivity index (χ0) is 13.0. The lowest BCUT2D eigenvalue weighted by Crippen LogP contribution is -2.30. The van der Waals surface area contributed by atoms with Gasteiger partial charge in [-0.25, -0.2) is 4.98 Å². The van der Waals surface area contributed by atoms with Crippen molar-refractivity contribution in [3.8, 4) is 0 Å². The van der Waals surface area contributed by atoms with Crippen molar-refractivity contribution in [2.24, 2.45) is 0 Å². The molecule has 2 aromatic rings. The van der Waals surface area contributed by atoms with E-state index in [0.29, 0.717) is 16.5 Å². The van der Waals surface area contributed by atoms with Gasteiger partial charge in [0.2, 0.25) is 5.91 Å². The Kier molecular flexibility index (Phi) is 3.78. The first kappa shape index (κ1) is 12.4. The number of aromatic nitrogens is 3. The van der Waals surface area contributed by atoms with Gasteiger partial charge in [-0.1, -0.05) is 11.6 Å². The molecule has 0 saturated carbocycles. The maximum atomic E-state index is 11.7. The largest absolute Gasteiger partial charge is 0.350 e. The number of carbonyl (C=O) groups excluding carboxylic acids is 1. The molecule has 2 rings (SSSR count). The van der Waals surface area contributed by atoms with Gasteiger partial charge in [-0.15, -0.1) is 0 Å². The van der Waals surface area contributed by atoms with E-state index >= 15 is 0 Å². The highest BCUT2D eigenvalue weighted by Gasteiger charge is 2.09. The van der Waals surface area contributed by atoms with Crippen LogP contribution in [0.1, 0.15) is 0 Å². The number of hydrogen-bond donors (Lipinski definition) is 2. The zero-order valence-corrected chi connectivity index (χ0v) is 10.5. The van der Waals surface area contributed by atoms with Gasteiger partial charge in [0.05, 0.1) is 23.5 Å². The van der Waals surface area contributed by atoms with Gasteiger partial charge in [0.15, 0.2) is 0 Å². The predicted molar refractivity (Wildman–Crippen MR) is 69.7 cm³/mol. The van der Waals surface area contributed by atoms with Crippen LogP contribution in [0.4, 0.5) is 11.5 Å². The van der Waals surface area contributed by atoms with Gasteiger partial charge >= 0.3 is 0 Å². The van der Waals surface area contributed by atoms with Crippen LogP contribution in [0, 0.1) is 0 Å². The fourth-order valence-electron chi connectivity index (χ4n) is 1.41. The molecule has 1 amide bonds. The summed E-state index contributed by atoms with van der Waals surface area (Å²) in [6.07, 6.45) is 4.69. The maximum Gasteiger partial charge on any atom is 0.244 e. The number of aromatic amines is 1. The van der Waals surface area contributed by atoms with Crippen LogP contribution in [-0.4, -0.2) is 34.7 Å². The van der Waals surface area contributed by atoms with Crippen LogP contribution >= 0.6 is 11.6 Å². The third-order valence-corrected chi connectivity index (χ3v) is 2.49. The lowest BCUT2D eigenvalue weighted by molar-refractivity contribution is -0.114. The smallest absolute Gasteiger partial charge is 0.244 e. The summed E-state index contributed by atoms with van der Waals surface area (Å²) in [5.74, 6) is 0.539. The van der Waals surface area contributed by atoms with Crippen molar-refractivity contribution >= 4 is 29.0 Å². The van der Waals surface area contributed by atoms with Gasteiger partial charge in [0, 0.05) is 19.4 Å². The summed E-state index contributed by atoms with van der Waals surface area (Å²) in [7, 11) is 1.78. The molecule has 0 spiro atoms. The summed E-state index contributed by atoms with van der Waals surface area (Å²) in [6, 6.07) is 3.49. The Labute approximate surface area is 109 Å². The lowest BCUT2D eigenvalue weighted by atomic mass is 10.4. The number of carbonyl (C=O) groups is 1. The second-order valence-electron chi connectivity index (χ2n) is 3.73. The second kappa shape index (κ2) is 5.50. The van der Waals surface area contributed by atoms with Crippen LogP contribution in [-0.2, 0) is 4.79 Å². The van der Waals surface area contributed by atoms with E-state index in [-0.39, 0.29) is 12.5 Å². The maximum absolute atomic E-state index is 11.7. The number of nitrogens with zero attached hydrogens (tertiary/aromatic N) is 3. The van der Waals surface area contributed by atoms with Crippen molar-refractivity contribution in [3.63, 3.8) is 0 Å². The average Bonchev–Trinajstić information content (AvgIpc) is 2.82. The first-order chi connectivity index (χ1) is 8.65. The first-order valence-corrected chi connectivity index (χ1v) is 5.64. The molecule has 0 aliphatic carbocycles. The lowest BCUT2D eigenvalue weighted by Gasteiger charge is -2.17. The van der Waals surface area contributed by atoms with Crippen molar-refractivity contribution in [2.75, 3.05) is 23.8 Å². The van der Waals surface area contributed by atoms with Crippen LogP contribution in [0.15, 0.2) is 30.7 Å². The molecule has 2 heterocycles. The van der Waals surface area contributed by atoms with Gasteiger partial charge in [0.25, 0.3) is 0 Å². The summed E-state index contributed by atoms with van der Waals surface area (Å²) in [5.41, 5.74) is 0.637. The van der Waals surface area contributed by atoms with E-state index in [0.717, 1.165) is 0 Å². The Morgan fingerprint density at radius 1 is 1.50 bits per heavy atom. The van der Waals surface area contributed by atoms with E-state index in [1.54, 1.807) is 42.7 Å². The molecule has 18 heavy (non-hydrogen) atoms. The summed E-state index contributed by atoms with van der Waals surface area (Å²) >= 11 is 5.75. The summed E-state index contributed by atoms with van der Waals surface area (Å²) in [6.45, 7) is 0.194. The second-order valence-corrected chi connectivity index (χ2v) is 4.16. The molecule has 0 fully saturated rings. The molecular weight excluding hydrogens is 254 g/mol. The standard InChI is InChI=1S/C11H12ClN5O/c1-17(10-3-2-8(12)4-13-10)7-11(18)16-9-5-14-15-6-9/h2-6H,7H2,1H3,(H,14,15)(H,16,18). The van der Waals surface area contributed by atoms with Crippen molar-refractivity contribution in [3.05, 3.63) is 35.7 Å². The molecule has 6 nitrogen and oxygen atoms in total. The zero-order valence-electron chi connectivity index (χ0n) is 9.72. The number of pyridine rings is 1. The molecule has 2 N–H and O–H groups in total. The third kappa shape index (κ3) is 3.21. The van der Waals surface area contributed by atoms with Crippen molar-refractivity contribution in [1.29, 1.82) is 0 Å². The summed E-state index contributed by atoms with van der Waals surface area (Å²) in [4.78, 5) is 17.6. The van der Waals surface area contributed by atoms with Crippen molar-refractivity contribution in [1.82, 2.24) is 15.2 Å². The minimum Gasteiger partial charge on any atom is -0.350 e. The number of nitrogens with one attached hydrogen (secondary N) is 2. The fourth-order valence-corrected chi connectivity index (χ4v) is 1.52. The van der Waals surface area contributed by atoms with Gasteiger partial charge in [-0.2, -0.15) is 5.10 Å². The van der Waals surface area contributed by atoms with Crippen LogP contribution in [0.25, 0.3) is 0 Å². The Morgan fingerprint density at radius 3 is 2.94 bits per heavy atom. The van der Waals surface area contributed by atoms with Crippen molar-refractivity contribution < 1.29 is 4.79 Å². The SMILES string of the molecule is CN(CC(=O)Nc1cn[nH]c1)c1ccc(Cl)cn1. The molecular formula is C11H12ClN5O. The molecule has 0 aliphatic heterocycles. The van der Waals surface area contributed by atoms with E-state index < -0.39 is 0 Å². The molecule has 0 radical (unpaired) electrons. The van der Waals surface area contributed by atoms with Gasteiger partial charge in [0.1, 0.15) is 5.82 Å². The van der Waals surface area contributed by atoms with E-state index in [1.807, 2.05) is 0 Å². The topological polar surface area (TPSA) is 73.9 Å². The first-order valence-electron chi connectivity index (χ1n) is 5.26. The van der Waals surface area contributed by atoms with Crippen LogP contribution in [0.3, 0.4) is 0 Å². The highest BCUT2D eigenvalue weighted by molar-refractivity contribution is 6.30. The number of rotatable bonds is 4. The quantitative estimate of drug-likeness (QED) is 0.879. The van der Waals surface area contributed by atoms with Gasteiger partial charge in [-0.05, 0) is 12.1 Å². The molecule has 0 atom stereocenters. The number of amides is 1. The highest BCUT2D eigenvalue weighted by Crippen LogP contribution is 2.12. The Hall–Kier alpha value is -2.08. The normalized spacial score (nSPS) is 10.1. The molecule has 0 aromatic carbocycles. The number of likely N-dealkylation sites (N-methyl/N-ethyl adjacent to an activating group) is 1. The Bertz CT molecular complexity index is 511. The molecule has 0 aliphatic rings. The molecule has 7 heteroatoms. The number of halogens is 1.